The summed E-state index contributed by atoms with van der Waals surface area (Å²) in [6.45, 7) is 0.584. The zero-order chi connectivity index (χ0) is 18.8. The van der Waals surface area contributed by atoms with Crippen LogP contribution in [-0.2, 0) is 16.1 Å². The lowest BCUT2D eigenvalue weighted by atomic mass is 9.90. The second-order valence-electron chi connectivity index (χ2n) is 6.56. The molecule has 0 spiro atoms. The summed E-state index contributed by atoms with van der Waals surface area (Å²) < 4.78 is 0. The molecule has 1 N–H and O–H groups in total. The summed E-state index contributed by atoms with van der Waals surface area (Å²) in [4.78, 5) is 30.3. The average molecular weight is 358 g/mol. The van der Waals surface area contributed by atoms with Gasteiger partial charge in [0.15, 0.2) is 0 Å². The third-order valence-electron chi connectivity index (χ3n) is 4.87. The monoisotopic (exact) mass is 358 g/mol. The van der Waals surface area contributed by atoms with Crippen molar-refractivity contribution in [2.75, 3.05) is 6.54 Å². The van der Waals surface area contributed by atoms with Crippen molar-refractivity contribution < 1.29 is 14.7 Å². The number of carboxylic acid groups (broad SMARTS) is 1. The minimum atomic E-state index is -0.915. The number of amides is 1. The van der Waals surface area contributed by atoms with E-state index in [0.29, 0.717) is 6.54 Å². The molecule has 1 aliphatic rings. The molecule has 0 saturated heterocycles. The molecule has 3 aromatic rings. The molecule has 1 aliphatic heterocycles. The lowest BCUT2D eigenvalue weighted by molar-refractivity contribution is -0.140. The number of aliphatic carboxylic acids is 1. The molecule has 5 nitrogen and oxygen atoms in total. The Kier molecular flexibility index (Phi) is 4.42. The lowest BCUT2D eigenvalue weighted by Gasteiger charge is -2.32. The van der Waals surface area contributed by atoms with Gasteiger partial charge in [0.05, 0.1) is 11.4 Å². The quantitative estimate of drug-likeness (QED) is 0.728. The molecule has 1 atom stereocenters. The molecule has 0 radical (unpaired) electrons. The first-order valence-corrected chi connectivity index (χ1v) is 8.75. The molecule has 0 fully saturated rings. The van der Waals surface area contributed by atoms with Crippen LogP contribution in [0.2, 0.25) is 0 Å². The molecule has 1 amide bonds. The van der Waals surface area contributed by atoms with Crippen molar-refractivity contribution in [3.63, 3.8) is 0 Å². The summed E-state index contributed by atoms with van der Waals surface area (Å²) in [6, 6.07) is 17.1. The summed E-state index contributed by atoms with van der Waals surface area (Å²) in [6.07, 6.45) is 4.96. The van der Waals surface area contributed by atoms with Crippen LogP contribution in [0.25, 0.3) is 17.0 Å². The fraction of sp³-hybridized carbons (Fsp3) is 0.136. The van der Waals surface area contributed by atoms with Crippen molar-refractivity contribution in [1.82, 2.24) is 9.88 Å². The van der Waals surface area contributed by atoms with Gasteiger partial charge in [0.2, 0.25) is 5.91 Å². The second-order valence-corrected chi connectivity index (χ2v) is 6.56. The zero-order valence-electron chi connectivity index (χ0n) is 14.6. The molecule has 1 aromatic heterocycles. The Bertz CT molecular complexity index is 1050. The second kappa shape index (κ2) is 7.03. The van der Waals surface area contributed by atoms with Crippen LogP contribution in [-0.4, -0.2) is 33.4 Å². The lowest BCUT2D eigenvalue weighted by Crippen LogP contribution is -2.39. The molecule has 1 unspecified atom stereocenters. The third kappa shape index (κ3) is 3.31. The number of carboxylic acids is 1. The van der Waals surface area contributed by atoms with E-state index in [4.69, 9.17) is 0 Å². The smallest absolute Gasteiger partial charge is 0.312 e. The number of nitrogens with zero attached hydrogens (tertiary/aromatic N) is 2. The zero-order valence-corrected chi connectivity index (χ0v) is 14.6. The molecule has 0 saturated carbocycles. The highest BCUT2D eigenvalue weighted by Gasteiger charge is 2.31. The number of hydrogen-bond acceptors (Lipinski definition) is 3. The van der Waals surface area contributed by atoms with Gasteiger partial charge in [0, 0.05) is 36.3 Å². The van der Waals surface area contributed by atoms with Gasteiger partial charge in [-0.15, -0.1) is 0 Å². The van der Waals surface area contributed by atoms with Gasteiger partial charge in [0.25, 0.3) is 0 Å². The van der Waals surface area contributed by atoms with E-state index in [1.54, 1.807) is 17.2 Å². The largest absolute Gasteiger partial charge is 0.481 e. The van der Waals surface area contributed by atoms with Crippen molar-refractivity contribution in [2.45, 2.75) is 12.5 Å². The van der Waals surface area contributed by atoms with Crippen LogP contribution in [0.4, 0.5) is 0 Å². The first kappa shape index (κ1) is 17.0. The van der Waals surface area contributed by atoms with E-state index in [1.807, 2.05) is 54.6 Å². The van der Waals surface area contributed by atoms with Gasteiger partial charge < -0.3 is 10.0 Å². The first-order chi connectivity index (χ1) is 13.1. The number of benzene rings is 2. The summed E-state index contributed by atoms with van der Waals surface area (Å²) in [5, 5.41) is 10.6. The Morgan fingerprint density at radius 1 is 1.07 bits per heavy atom. The molecule has 2 aromatic carbocycles. The van der Waals surface area contributed by atoms with Crippen molar-refractivity contribution in [1.29, 1.82) is 0 Å². The molecule has 4 rings (SSSR count). The number of aromatic nitrogens is 1. The molecule has 0 aliphatic carbocycles. The van der Waals surface area contributed by atoms with Crippen LogP contribution in [0.15, 0.2) is 66.9 Å². The predicted molar refractivity (Wildman–Crippen MR) is 103 cm³/mol. The van der Waals surface area contributed by atoms with Gasteiger partial charge in [-0.3, -0.25) is 14.6 Å². The fourth-order valence-corrected chi connectivity index (χ4v) is 3.51. The average Bonchev–Trinajstić information content (AvgIpc) is 2.71. The van der Waals surface area contributed by atoms with Crippen LogP contribution in [0, 0.1) is 0 Å². The Labute approximate surface area is 156 Å². The molecule has 5 heteroatoms. The standard InChI is InChI=1S/C22H18N2O3/c25-20(11-10-16-7-3-6-15-8-4-12-23-21(15)16)24-13-17-5-1-2-9-18(17)19(14-24)22(26)27/h1-12,19H,13-14H2,(H,26,27)/b11-10+. The topological polar surface area (TPSA) is 70.5 Å². The van der Waals surface area contributed by atoms with Crippen molar-refractivity contribution >= 4 is 28.9 Å². The summed E-state index contributed by atoms with van der Waals surface area (Å²) in [7, 11) is 0. The van der Waals surface area contributed by atoms with Crippen LogP contribution < -0.4 is 0 Å². The van der Waals surface area contributed by atoms with E-state index in [-0.39, 0.29) is 12.5 Å². The van der Waals surface area contributed by atoms with Gasteiger partial charge in [-0.25, -0.2) is 0 Å². The van der Waals surface area contributed by atoms with Gasteiger partial charge in [-0.1, -0.05) is 48.5 Å². The molecule has 134 valence electrons. The van der Waals surface area contributed by atoms with Crippen LogP contribution in [0.3, 0.4) is 0 Å². The van der Waals surface area contributed by atoms with E-state index in [9.17, 15) is 14.7 Å². The van der Waals surface area contributed by atoms with E-state index in [2.05, 4.69) is 4.98 Å². The Morgan fingerprint density at radius 2 is 1.89 bits per heavy atom. The maximum Gasteiger partial charge on any atom is 0.312 e. The Hall–Kier alpha value is -3.47. The normalized spacial score (nSPS) is 16.4. The number of pyridine rings is 1. The number of hydrogen-bond donors (Lipinski definition) is 1. The van der Waals surface area contributed by atoms with E-state index in [0.717, 1.165) is 27.6 Å². The van der Waals surface area contributed by atoms with Gasteiger partial charge in [-0.2, -0.15) is 0 Å². The van der Waals surface area contributed by atoms with E-state index >= 15 is 0 Å². The summed E-state index contributed by atoms with van der Waals surface area (Å²) in [5.74, 6) is -1.82. The highest BCUT2D eigenvalue weighted by molar-refractivity contribution is 5.96. The number of carbonyl (C=O) groups is 2. The van der Waals surface area contributed by atoms with E-state index in [1.165, 1.54) is 6.08 Å². The molecule has 2 heterocycles. The minimum Gasteiger partial charge on any atom is -0.481 e. The summed E-state index contributed by atoms with van der Waals surface area (Å²) >= 11 is 0. The van der Waals surface area contributed by atoms with Crippen molar-refractivity contribution in [3.8, 4) is 0 Å². The number of carbonyl (C=O) groups excluding carboxylic acids is 1. The fourth-order valence-electron chi connectivity index (χ4n) is 3.51. The molecular formula is C22H18N2O3. The Balaban J connectivity index is 1.60. The van der Waals surface area contributed by atoms with Crippen LogP contribution in [0.5, 0.6) is 0 Å². The van der Waals surface area contributed by atoms with Crippen LogP contribution in [0.1, 0.15) is 22.6 Å². The van der Waals surface area contributed by atoms with Crippen LogP contribution >= 0.6 is 0 Å². The first-order valence-electron chi connectivity index (χ1n) is 8.75. The number of fused-ring (bicyclic) bond motifs is 2. The highest BCUT2D eigenvalue weighted by Crippen LogP contribution is 2.28. The Morgan fingerprint density at radius 3 is 2.74 bits per heavy atom. The molecule has 27 heavy (non-hydrogen) atoms. The van der Waals surface area contributed by atoms with Crippen molar-refractivity contribution in [2.24, 2.45) is 0 Å². The van der Waals surface area contributed by atoms with Gasteiger partial charge in [-0.05, 0) is 23.3 Å². The molecular weight excluding hydrogens is 340 g/mol. The van der Waals surface area contributed by atoms with Gasteiger partial charge >= 0.3 is 5.97 Å². The minimum absolute atomic E-state index is 0.170. The number of para-hydroxylation sites is 1. The van der Waals surface area contributed by atoms with Crippen molar-refractivity contribution in [3.05, 3.63) is 83.6 Å². The maximum atomic E-state index is 12.7. The maximum absolute atomic E-state index is 12.7. The SMILES string of the molecule is O=C(O)C1CN(C(=O)/C=C/c2cccc3cccnc23)Cc2ccccc21. The van der Waals surface area contributed by atoms with Gasteiger partial charge in [0.1, 0.15) is 0 Å². The van der Waals surface area contributed by atoms with E-state index < -0.39 is 11.9 Å². The third-order valence-corrected chi connectivity index (χ3v) is 4.87. The summed E-state index contributed by atoms with van der Waals surface area (Å²) in [5.41, 5.74) is 3.35. The highest BCUT2D eigenvalue weighted by atomic mass is 16.4. The number of rotatable bonds is 3. The molecule has 0 bridgehead atoms. The predicted octanol–water partition coefficient (Wildman–Crippen LogP) is 3.46.